The predicted molar refractivity (Wildman–Crippen MR) is 60.7 cm³/mol. The van der Waals surface area contributed by atoms with Crippen LogP contribution in [0.25, 0.3) is 0 Å². The maximum Gasteiger partial charge on any atom is 0.143 e. The highest BCUT2D eigenvalue weighted by Gasteiger charge is 2.30. The third kappa shape index (κ3) is 3.38. The Morgan fingerprint density at radius 3 is 2.85 bits per heavy atom. The Kier molecular flexibility index (Phi) is 3.91. The van der Waals surface area contributed by atoms with Gasteiger partial charge in [-0.15, -0.1) is 11.8 Å². The molecule has 0 fully saturated rings. The zero-order valence-corrected chi connectivity index (χ0v) is 9.58. The highest BCUT2D eigenvalue weighted by atomic mass is 32.2. The zero-order valence-electron chi connectivity index (χ0n) is 7.95. The molecule has 0 aromatic rings. The quantitative estimate of drug-likeness (QED) is 0.735. The summed E-state index contributed by atoms with van der Waals surface area (Å²) in [6.45, 7) is 3.86. The highest BCUT2D eigenvalue weighted by Crippen LogP contribution is 2.26. The fourth-order valence-corrected chi connectivity index (χ4v) is 2.11. The van der Waals surface area contributed by atoms with Crippen LogP contribution in [0.3, 0.4) is 0 Å². The van der Waals surface area contributed by atoms with Gasteiger partial charge < -0.3 is 4.55 Å². The fraction of sp³-hybridized carbons (Fsp3) is 0.556. The van der Waals surface area contributed by atoms with E-state index in [1.54, 1.807) is 11.8 Å². The lowest BCUT2D eigenvalue weighted by atomic mass is 10.0. The number of rotatable bonds is 3. The molecule has 0 aromatic heterocycles. The molecule has 0 radical (unpaired) electrons. The standard InChI is InChI=1S/C9H15NOS2/c1-9(2,13(10)11)7-8-3-5-12-6-4-8/h3-5H,6-7,10H2,1-2H3. The first-order chi connectivity index (χ1) is 6.02. The SMILES string of the molecule is CC(C)(CC1=CCSC=C1)[S+](N)[O-]. The summed E-state index contributed by atoms with van der Waals surface area (Å²) in [5.74, 6) is 1.01. The molecule has 1 heterocycles. The van der Waals surface area contributed by atoms with Gasteiger partial charge in [0.2, 0.25) is 0 Å². The van der Waals surface area contributed by atoms with Gasteiger partial charge in [0.15, 0.2) is 0 Å². The van der Waals surface area contributed by atoms with Crippen LogP contribution in [-0.2, 0) is 11.4 Å². The maximum absolute atomic E-state index is 11.2. The molecule has 0 aliphatic carbocycles. The van der Waals surface area contributed by atoms with E-state index in [0.29, 0.717) is 0 Å². The van der Waals surface area contributed by atoms with E-state index >= 15 is 0 Å². The molecule has 74 valence electrons. The summed E-state index contributed by atoms with van der Waals surface area (Å²) in [6, 6.07) is 0. The minimum Gasteiger partial charge on any atom is -0.598 e. The lowest BCUT2D eigenvalue weighted by Gasteiger charge is -2.25. The minimum absolute atomic E-state index is 0.321. The van der Waals surface area contributed by atoms with Crippen LogP contribution in [0.1, 0.15) is 20.3 Å². The summed E-state index contributed by atoms with van der Waals surface area (Å²) < 4.78 is 10.9. The van der Waals surface area contributed by atoms with Crippen molar-refractivity contribution in [2.75, 3.05) is 5.75 Å². The van der Waals surface area contributed by atoms with Crippen molar-refractivity contribution < 1.29 is 4.55 Å². The Hall–Kier alpha value is 0.1000. The van der Waals surface area contributed by atoms with Crippen LogP contribution in [-0.4, -0.2) is 15.1 Å². The Labute approximate surface area is 87.0 Å². The van der Waals surface area contributed by atoms with Gasteiger partial charge in [0.1, 0.15) is 4.75 Å². The van der Waals surface area contributed by atoms with Crippen LogP contribution in [0.2, 0.25) is 0 Å². The third-order valence-electron chi connectivity index (χ3n) is 1.99. The first kappa shape index (κ1) is 11.2. The molecule has 13 heavy (non-hydrogen) atoms. The van der Waals surface area contributed by atoms with Gasteiger partial charge >= 0.3 is 0 Å². The predicted octanol–water partition coefficient (Wildman–Crippen LogP) is 1.96. The Bertz CT molecular complexity index is 234. The summed E-state index contributed by atoms with van der Waals surface area (Å²) in [5.41, 5.74) is 1.24. The number of thioether (sulfide) groups is 1. The number of hydrogen-bond donors (Lipinski definition) is 1. The van der Waals surface area contributed by atoms with Gasteiger partial charge in [-0.05, 0) is 24.8 Å². The lowest BCUT2D eigenvalue weighted by molar-refractivity contribution is 0.545. The largest absolute Gasteiger partial charge is 0.598 e. The van der Waals surface area contributed by atoms with Gasteiger partial charge in [-0.25, -0.2) is 0 Å². The van der Waals surface area contributed by atoms with Gasteiger partial charge in [-0.2, -0.15) is 5.14 Å². The van der Waals surface area contributed by atoms with Gasteiger partial charge in [0.25, 0.3) is 0 Å². The van der Waals surface area contributed by atoms with Crippen molar-refractivity contribution in [2.24, 2.45) is 5.14 Å². The van der Waals surface area contributed by atoms with E-state index in [9.17, 15) is 4.55 Å². The highest BCUT2D eigenvalue weighted by molar-refractivity contribution is 8.02. The van der Waals surface area contributed by atoms with Crippen LogP contribution in [0.15, 0.2) is 23.1 Å². The molecule has 1 aliphatic rings. The molecule has 4 heteroatoms. The van der Waals surface area contributed by atoms with E-state index in [0.717, 1.165) is 12.2 Å². The average molecular weight is 217 g/mol. The summed E-state index contributed by atoms with van der Waals surface area (Å²) in [5, 5.41) is 7.48. The normalized spacial score (nSPS) is 19.8. The lowest BCUT2D eigenvalue weighted by Crippen LogP contribution is -2.38. The second-order valence-electron chi connectivity index (χ2n) is 3.65. The number of nitrogens with two attached hydrogens (primary N) is 1. The molecule has 1 aliphatic heterocycles. The smallest absolute Gasteiger partial charge is 0.143 e. The molecular weight excluding hydrogens is 202 g/mol. The molecular formula is C9H15NOS2. The second-order valence-corrected chi connectivity index (χ2v) is 6.29. The summed E-state index contributed by atoms with van der Waals surface area (Å²) in [7, 11) is 0. The summed E-state index contributed by atoms with van der Waals surface area (Å²) in [6.07, 6.45) is 5.02. The molecule has 0 aromatic carbocycles. The van der Waals surface area contributed by atoms with Gasteiger partial charge in [0, 0.05) is 23.5 Å². The van der Waals surface area contributed by atoms with Crippen molar-refractivity contribution in [3.05, 3.63) is 23.1 Å². The van der Waals surface area contributed by atoms with E-state index in [-0.39, 0.29) is 4.75 Å². The van der Waals surface area contributed by atoms with Crippen molar-refractivity contribution in [3.63, 3.8) is 0 Å². The van der Waals surface area contributed by atoms with Crippen molar-refractivity contribution in [1.82, 2.24) is 0 Å². The van der Waals surface area contributed by atoms with Crippen LogP contribution in [0.5, 0.6) is 0 Å². The molecule has 1 rings (SSSR count). The van der Waals surface area contributed by atoms with Gasteiger partial charge in [-0.1, -0.05) is 12.2 Å². The number of allylic oxidation sites excluding steroid dienone is 2. The molecule has 0 amide bonds. The molecule has 2 nitrogen and oxygen atoms in total. The third-order valence-corrected chi connectivity index (χ3v) is 3.92. The van der Waals surface area contributed by atoms with Crippen LogP contribution in [0.4, 0.5) is 0 Å². The minimum atomic E-state index is -1.26. The molecule has 0 saturated carbocycles. The van der Waals surface area contributed by atoms with Crippen LogP contribution >= 0.6 is 11.8 Å². The average Bonchev–Trinajstić information content (AvgIpc) is 2.05. The number of hydrogen-bond acceptors (Lipinski definition) is 3. The van der Waals surface area contributed by atoms with Crippen molar-refractivity contribution in [3.8, 4) is 0 Å². The van der Waals surface area contributed by atoms with E-state index in [4.69, 9.17) is 5.14 Å². The zero-order chi connectivity index (χ0) is 9.90. The van der Waals surface area contributed by atoms with Crippen molar-refractivity contribution in [1.29, 1.82) is 0 Å². The maximum atomic E-state index is 11.2. The molecule has 1 atom stereocenters. The second kappa shape index (κ2) is 4.55. The summed E-state index contributed by atoms with van der Waals surface area (Å²) in [4.78, 5) is 0. The van der Waals surface area contributed by atoms with E-state index in [2.05, 4.69) is 17.6 Å². The van der Waals surface area contributed by atoms with E-state index < -0.39 is 11.4 Å². The Morgan fingerprint density at radius 2 is 2.38 bits per heavy atom. The van der Waals surface area contributed by atoms with E-state index in [1.165, 1.54) is 5.57 Å². The Balaban J connectivity index is 2.57. The monoisotopic (exact) mass is 217 g/mol. The van der Waals surface area contributed by atoms with Crippen molar-refractivity contribution in [2.45, 2.75) is 25.0 Å². The first-order valence-electron chi connectivity index (χ1n) is 4.16. The van der Waals surface area contributed by atoms with E-state index in [1.807, 2.05) is 13.8 Å². The van der Waals surface area contributed by atoms with Gasteiger partial charge in [0.05, 0.1) is 0 Å². The van der Waals surface area contributed by atoms with Crippen LogP contribution in [0, 0.1) is 0 Å². The molecule has 1 unspecified atom stereocenters. The van der Waals surface area contributed by atoms with Crippen molar-refractivity contribution >= 4 is 23.1 Å². The molecule has 0 bridgehead atoms. The van der Waals surface area contributed by atoms with Crippen LogP contribution < -0.4 is 5.14 Å². The topological polar surface area (TPSA) is 49.1 Å². The Morgan fingerprint density at radius 1 is 1.69 bits per heavy atom. The molecule has 0 saturated heterocycles. The summed E-state index contributed by atoms with van der Waals surface area (Å²) >= 11 is 0.510. The van der Waals surface area contributed by atoms with Gasteiger partial charge in [-0.3, -0.25) is 0 Å². The molecule has 2 N–H and O–H groups in total. The first-order valence-corrected chi connectivity index (χ1v) is 6.42. The fourth-order valence-electron chi connectivity index (χ4n) is 1.11. The molecule has 0 spiro atoms.